The number of carbonyl (C=O) groups is 2. The van der Waals surface area contributed by atoms with E-state index >= 15 is 0 Å². The summed E-state index contributed by atoms with van der Waals surface area (Å²) in [5, 5.41) is 12.2. The normalized spacial score (nSPS) is 13.8. The molecular formula is C24H37NO7. The van der Waals surface area contributed by atoms with Crippen LogP contribution in [0.3, 0.4) is 0 Å². The SMILES string of the molecule is CCOC(Cc1c(C(=O)N(C)OC)c(O)c2c(c1C(=O)OC(C)(C)C)CCCC2)OCC. The third-order valence-corrected chi connectivity index (χ3v) is 5.35. The van der Waals surface area contributed by atoms with Gasteiger partial charge in [0.15, 0.2) is 6.29 Å². The minimum atomic E-state index is -0.722. The molecule has 1 aliphatic carbocycles. The van der Waals surface area contributed by atoms with Crippen molar-refractivity contribution in [2.45, 2.75) is 78.6 Å². The van der Waals surface area contributed by atoms with E-state index in [1.54, 1.807) is 20.8 Å². The van der Waals surface area contributed by atoms with E-state index in [4.69, 9.17) is 19.0 Å². The van der Waals surface area contributed by atoms with Crippen LogP contribution >= 0.6 is 0 Å². The molecule has 1 N–H and O–H groups in total. The molecule has 0 radical (unpaired) electrons. The van der Waals surface area contributed by atoms with Crippen LogP contribution in [0.25, 0.3) is 0 Å². The number of ether oxygens (including phenoxy) is 3. The minimum Gasteiger partial charge on any atom is -0.507 e. The largest absolute Gasteiger partial charge is 0.507 e. The first-order valence-corrected chi connectivity index (χ1v) is 11.2. The number of carbonyl (C=O) groups excluding carboxylic acids is 2. The van der Waals surface area contributed by atoms with Crippen LogP contribution in [0.5, 0.6) is 5.75 Å². The topological polar surface area (TPSA) is 94.5 Å². The number of esters is 1. The Balaban J connectivity index is 2.82. The van der Waals surface area contributed by atoms with Gasteiger partial charge in [0, 0.05) is 26.7 Å². The summed E-state index contributed by atoms with van der Waals surface area (Å²) in [6, 6.07) is 0. The molecule has 0 saturated carbocycles. The standard InChI is InChI=1S/C24H37NO7/c1-8-30-18(31-9-2)14-17-19(23(28)32-24(3,4)5)15-12-10-11-13-16(15)21(26)20(17)22(27)25(6)29-7/h18,26H,8-14H2,1-7H3. The minimum absolute atomic E-state index is 0.0280. The first-order valence-electron chi connectivity index (χ1n) is 11.2. The smallest absolute Gasteiger partial charge is 0.339 e. The van der Waals surface area contributed by atoms with Crippen molar-refractivity contribution in [1.29, 1.82) is 0 Å². The van der Waals surface area contributed by atoms with E-state index in [1.165, 1.54) is 14.2 Å². The Morgan fingerprint density at radius 2 is 1.59 bits per heavy atom. The van der Waals surface area contributed by atoms with Crippen LogP contribution in [0.15, 0.2) is 0 Å². The van der Waals surface area contributed by atoms with Gasteiger partial charge in [0.2, 0.25) is 0 Å². The summed E-state index contributed by atoms with van der Waals surface area (Å²) >= 11 is 0. The monoisotopic (exact) mass is 451 g/mol. The average molecular weight is 452 g/mol. The lowest BCUT2D eigenvalue weighted by atomic mass is 9.81. The summed E-state index contributed by atoms with van der Waals surface area (Å²) in [5.41, 5.74) is 1.35. The van der Waals surface area contributed by atoms with Crippen molar-refractivity contribution in [3.05, 3.63) is 27.8 Å². The van der Waals surface area contributed by atoms with Gasteiger partial charge in [-0.1, -0.05) is 0 Å². The fourth-order valence-electron chi connectivity index (χ4n) is 4.00. The molecule has 1 aromatic carbocycles. The Bertz CT molecular complexity index is 823. The number of aromatic hydroxyl groups is 1. The zero-order valence-corrected chi connectivity index (χ0v) is 20.4. The molecule has 8 heteroatoms. The summed E-state index contributed by atoms with van der Waals surface area (Å²) in [6.45, 7) is 9.86. The maximum atomic E-state index is 13.4. The Labute approximate surface area is 190 Å². The van der Waals surface area contributed by atoms with E-state index in [9.17, 15) is 14.7 Å². The number of hydrogen-bond donors (Lipinski definition) is 1. The van der Waals surface area contributed by atoms with Crippen molar-refractivity contribution in [2.24, 2.45) is 0 Å². The van der Waals surface area contributed by atoms with Gasteiger partial charge in [-0.15, -0.1) is 0 Å². The van der Waals surface area contributed by atoms with E-state index in [0.29, 0.717) is 42.7 Å². The Morgan fingerprint density at radius 1 is 1.03 bits per heavy atom. The Hall–Kier alpha value is -2.16. The van der Waals surface area contributed by atoms with Crippen LogP contribution in [0.1, 0.15) is 84.9 Å². The van der Waals surface area contributed by atoms with Crippen molar-refractivity contribution in [1.82, 2.24) is 5.06 Å². The molecule has 0 spiro atoms. The number of benzene rings is 1. The molecule has 0 heterocycles. The molecule has 1 aromatic rings. The van der Waals surface area contributed by atoms with Gasteiger partial charge in [-0.05, 0) is 77.0 Å². The molecule has 180 valence electrons. The molecule has 0 atom stereocenters. The molecule has 0 aliphatic heterocycles. The van der Waals surface area contributed by atoms with Gasteiger partial charge in [-0.25, -0.2) is 9.86 Å². The van der Waals surface area contributed by atoms with Gasteiger partial charge in [0.25, 0.3) is 5.91 Å². The highest BCUT2D eigenvalue weighted by Gasteiger charge is 2.35. The van der Waals surface area contributed by atoms with Crippen LogP contribution in [-0.2, 0) is 38.3 Å². The average Bonchev–Trinajstić information content (AvgIpc) is 2.72. The predicted octanol–water partition coefficient (Wildman–Crippen LogP) is 3.80. The molecule has 0 aromatic heterocycles. The second kappa shape index (κ2) is 11.1. The van der Waals surface area contributed by atoms with Crippen LogP contribution < -0.4 is 0 Å². The fourth-order valence-corrected chi connectivity index (χ4v) is 4.00. The summed E-state index contributed by atoms with van der Waals surface area (Å²) < 4.78 is 17.2. The maximum Gasteiger partial charge on any atom is 0.339 e. The van der Waals surface area contributed by atoms with Gasteiger partial charge >= 0.3 is 5.97 Å². The molecule has 0 bridgehead atoms. The van der Waals surface area contributed by atoms with Gasteiger partial charge in [-0.2, -0.15) is 0 Å². The quantitative estimate of drug-likeness (QED) is 0.347. The van der Waals surface area contributed by atoms with Crippen molar-refractivity contribution in [2.75, 3.05) is 27.4 Å². The molecule has 1 aliphatic rings. The second-order valence-electron chi connectivity index (χ2n) is 8.77. The molecule has 8 nitrogen and oxygen atoms in total. The highest BCUT2D eigenvalue weighted by Crippen LogP contribution is 2.40. The van der Waals surface area contributed by atoms with Crippen LogP contribution in [0.2, 0.25) is 0 Å². The third kappa shape index (κ3) is 5.99. The lowest BCUT2D eigenvalue weighted by Gasteiger charge is -2.29. The molecule has 1 amide bonds. The molecule has 0 saturated heterocycles. The number of hydroxylamine groups is 2. The van der Waals surface area contributed by atoms with E-state index in [0.717, 1.165) is 23.5 Å². The van der Waals surface area contributed by atoms with Crippen LogP contribution in [0, 0.1) is 0 Å². The highest BCUT2D eigenvalue weighted by atomic mass is 16.7. The Kier molecular flexibility index (Phi) is 9.07. The van der Waals surface area contributed by atoms with Crippen molar-refractivity contribution >= 4 is 11.9 Å². The number of hydrogen-bond acceptors (Lipinski definition) is 7. The summed E-state index contributed by atoms with van der Waals surface area (Å²) in [6.07, 6.45) is 2.36. The van der Waals surface area contributed by atoms with E-state index in [-0.39, 0.29) is 17.7 Å². The number of amides is 1. The summed E-state index contributed by atoms with van der Waals surface area (Å²) in [5.74, 6) is -1.18. The van der Waals surface area contributed by atoms with Crippen molar-refractivity contribution in [3.8, 4) is 5.75 Å². The van der Waals surface area contributed by atoms with E-state index in [1.807, 2.05) is 13.8 Å². The zero-order valence-electron chi connectivity index (χ0n) is 20.4. The van der Waals surface area contributed by atoms with Crippen LogP contribution in [-0.4, -0.2) is 61.3 Å². The zero-order chi connectivity index (χ0) is 24.1. The van der Waals surface area contributed by atoms with Gasteiger partial charge in [0.05, 0.1) is 18.2 Å². The number of phenolic OH excluding ortho intramolecular Hbond substituents is 1. The van der Waals surface area contributed by atoms with Gasteiger partial charge < -0.3 is 19.3 Å². The highest BCUT2D eigenvalue weighted by molar-refractivity contribution is 6.04. The lowest BCUT2D eigenvalue weighted by molar-refractivity contribution is -0.134. The van der Waals surface area contributed by atoms with Gasteiger partial charge in [0.1, 0.15) is 11.4 Å². The van der Waals surface area contributed by atoms with E-state index in [2.05, 4.69) is 0 Å². The fraction of sp³-hybridized carbons (Fsp3) is 0.667. The summed E-state index contributed by atoms with van der Waals surface area (Å²) in [7, 11) is 2.83. The number of fused-ring (bicyclic) bond motifs is 1. The van der Waals surface area contributed by atoms with Crippen molar-refractivity contribution in [3.63, 3.8) is 0 Å². The third-order valence-electron chi connectivity index (χ3n) is 5.35. The number of nitrogens with zero attached hydrogens (tertiary/aromatic N) is 1. The van der Waals surface area contributed by atoms with Gasteiger partial charge in [-0.3, -0.25) is 9.63 Å². The molecule has 0 unspecified atom stereocenters. The van der Waals surface area contributed by atoms with E-state index < -0.39 is 23.8 Å². The summed E-state index contributed by atoms with van der Waals surface area (Å²) in [4.78, 5) is 31.8. The molecule has 0 fully saturated rings. The maximum absolute atomic E-state index is 13.4. The lowest BCUT2D eigenvalue weighted by Crippen LogP contribution is -2.32. The Morgan fingerprint density at radius 3 is 2.09 bits per heavy atom. The number of rotatable bonds is 9. The predicted molar refractivity (Wildman–Crippen MR) is 120 cm³/mol. The second-order valence-corrected chi connectivity index (χ2v) is 8.77. The molecular weight excluding hydrogens is 414 g/mol. The first kappa shape index (κ1) is 26.1. The molecule has 2 rings (SSSR count). The number of phenols is 1. The van der Waals surface area contributed by atoms with Crippen LogP contribution in [0.4, 0.5) is 0 Å². The molecule has 32 heavy (non-hydrogen) atoms. The van der Waals surface area contributed by atoms with Crippen molar-refractivity contribution < 1.29 is 33.7 Å². The first-order chi connectivity index (χ1) is 15.1.